The predicted molar refractivity (Wildman–Crippen MR) is 132 cm³/mol. The van der Waals surface area contributed by atoms with Gasteiger partial charge in [-0.05, 0) is 131 Å². The van der Waals surface area contributed by atoms with Crippen molar-refractivity contribution in [2.45, 2.75) is 111 Å². The maximum Gasteiger partial charge on any atom is 0.223 e. The predicted octanol–water partition coefficient (Wildman–Crippen LogP) is 5.48. The van der Waals surface area contributed by atoms with E-state index in [1.807, 2.05) is 0 Å². The number of rotatable bonds is 2. The van der Waals surface area contributed by atoms with Gasteiger partial charge in [0.25, 0.3) is 0 Å². The summed E-state index contributed by atoms with van der Waals surface area (Å²) < 4.78 is 0. The summed E-state index contributed by atoms with van der Waals surface area (Å²) in [6.07, 6.45) is 11.2. The second-order valence-electron chi connectivity index (χ2n) is 14.2. The zero-order chi connectivity index (χ0) is 24.0. The summed E-state index contributed by atoms with van der Waals surface area (Å²) in [4.78, 5) is 25.7. The summed E-state index contributed by atoms with van der Waals surface area (Å²) in [6, 6.07) is 0. The van der Waals surface area contributed by atoms with Gasteiger partial charge in [0.15, 0.2) is 0 Å². The number of carbonyl (C=O) groups is 2. The van der Waals surface area contributed by atoms with E-state index >= 15 is 0 Å². The number of Topliss-reactive ketones (excluding diaryl/α,β-unsaturated/α-hetero) is 1. The van der Waals surface area contributed by atoms with Crippen molar-refractivity contribution in [1.29, 1.82) is 0 Å². The van der Waals surface area contributed by atoms with Crippen molar-refractivity contribution in [3.05, 3.63) is 0 Å². The lowest BCUT2D eigenvalue weighted by molar-refractivity contribution is -0.223. The van der Waals surface area contributed by atoms with E-state index in [0.717, 1.165) is 38.6 Å². The monoisotopic (exact) mass is 456 g/mol. The normalized spacial score (nSPS) is 53.1. The molecular weight excluding hydrogens is 408 g/mol. The molecule has 1 aliphatic heterocycles. The van der Waals surface area contributed by atoms with Gasteiger partial charge in [-0.15, -0.1) is 0 Å². The van der Waals surface area contributed by atoms with Crippen LogP contribution in [-0.4, -0.2) is 23.8 Å². The Morgan fingerprint density at radius 3 is 2.21 bits per heavy atom. The molecule has 3 N–H and O–H groups in total. The van der Waals surface area contributed by atoms with E-state index in [4.69, 9.17) is 5.73 Å². The average molecular weight is 457 g/mol. The molecule has 1 heterocycles. The number of ketones is 1. The van der Waals surface area contributed by atoms with E-state index in [9.17, 15) is 9.59 Å². The lowest BCUT2D eigenvalue weighted by Gasteiger charge is -2.71. The molecule has 186 valence electrons. The SMILES string of the molecule is CC(=O)[C@@H]1CC[C@]2(C(N)=O)CC[C@]3(C)[C@H](CC[C@@H]4[C@@]5(C)CCCNC(C)(C)[C@@H]5CC[C@]43C)[C@@H]12. The molecule has 5 rings (SSSR count). The van der Waals surface area contributed by atoms with Crippen molar-refractivity contribution in [1.82, 2.24) is 5.32 Å². The second-order valence-corrected chi connectivity index (χ2v) is 14.2. The van der Waals surface area contributed by atoms with Crippen molar-refractivity contribution < 1.29 is 9.59 Å². The van der Waals surface area contributed by atoms with Crippen LogP contribution in [0.4, 0.5) is 0 Å². The first-order valence-corrected chi connectivity index (χ1v) is 13.9. The Labute approximate surface area is 201 Å². The summed E-state index contributed by atoms with van der Waals surface area (Å²) in [5.41, 5.74) is 6.66. The number of hydrogen-bond donors (Lipinski definition) is 2. The van der Waals surface area contributed by atoms with Gasteiger partial charge >= 0.3 is 0 Å². The second kappa shape index (κ2) is 7.31. The molecule has 1 amide bonds. The fourth-order valence-corrected chi connectivity index (χ4v) is 11.4. The molecule has 0 unspecified atom stereocenters. The Bertz CT molecular complexity index is 853. The quantitative estimate of drug-likeness (QED) is 0.577. The van der Waals surface area contributed by atoms with Crippen LogP contribution in [0.5, 0.6) is 0 Å². The maximum atomic E-state index is 12.9. The zero-order valence-electron chi connectivity index (χ0n) is 22.1. The summed E-state index contributed by atoms with van der Waals surface area (Å²) in [7, 11) is 0. The Morgan fingerprint density at radius 1 is 0.818 bits per heavy atom. The highest BCUT2D eigenvalue weighted by Crippen LogP contribution is 2.76. The number of hydrogen-bond acceptors (Lipinski definition) is 3. The van der Waals surface area contributed by atoms with E-state index in [0.29, 0.717) is 23.2 Å². The number of primary amides is 1. The molecule has 0 radical (unpaired) electrons. The molecule has 4 nitrogen and oxygen atoms in total. The van der Waals surface area contributed by atoms with E-state index in [-0.39, 0.29) is 39.9 Å². The number of nitrogens with one attached hydrogen (secondary N) is 1. The van der Waals surface area contributed by atoms with Crippen molar-refractivity contribution in [2.75, 3.05) is 6.54 Å². The molecule has 0 aromatic carbocycles. The van der Waals surface area contributed by atoms with Gasteiger partial charge in [0.05, 0.1) is 5.41 Å². The highest BCUT2D eigenvalue weighted by Gasteiger charge is 2.71. The topological polar surface area (TPSA) is 72.2 Å². The maximum absolute atomic E-state index is 12.9. The van der Waals surface area contributed by atoms with Gasteiger partial charge in [0, 0.05) is 11.5 Å². The molecule has 9 atom stereocenters. The zero-order valence-corrected chi connectivity index (χ0v) is 22.1. The van der Waals surface area contributed by atoms with E-state index in [2.05, 4.69) is 39.9 Å². The molecule has 5 fully saturated rings. The van der Waals surface area contributed by atoms with Gasteiger partial charge < -0.3 is 11.1 Å². The molecule has 4 aliphatic carbocycles. The third-order valence-corrected chi connectivity index (χ3v) is 13.1. The molecule has 4 heteroatoms. The van der Waals surface area contributed by atoms with Gasteiger partial charge in [-0.2, -0.15) is 0 Å². The number of amides is 1. The summed E-state index contributed by atoms with van der Waals surface area (Å²) >= 11 is 0. The number of carbonyl (C=O) groups excluding carboxylic acids is 2. The Hall–Kier alpha value is -0.900. The Kier molecular flexibility index (Phi) is 5.27. The van der Waals surface area contributed by atoms with Crippen LogP contribution in [0.1, 0.15) is 106 Å². The first-order chi connectivity index (χ1) is 15.3. The molecule has 5 aliphatic rings. The highest BCUT2D eigenvalue weighted by molar-refractivity contribution is 5.86. The van der Waals surface area contributed by atoms with Crippen LogP contribution >= 0.6 is 0 Å². The lowest BCUT2D eigenvalue weighted by Crippen LogP contribution is -2.67. The molecule has 1 saturated heterocycles. The van der Waals surface area contributed by atoms with Crippen LogP contribution in [0.15, 0.2) is 0 Å². The fourth-order valence-electron chi connectivity index (χ4n) is 11.4. The minimum Gasteiger partial charge on any atom is -0.369 e. The molecule has 0 aromatic heterocycles. The van der Waals surface area contributed by atoms with Gasteiger partial charge in [0.1, 0.15) is 5.78 Å². The molecule has 0 spiro atoms. The first kappa shape index (κ1) is 23.8. The molecule has 4 saturated carbocycles. The van der Waals surface area contributed by atoms with E-state index in [1.54, 1.807) is 6.92 Å². The minimum absolute atomic E-state index is 0.0233. The van der Waals surface area contributed by atoms with Crippen LogP contribution in [0.25, 0.3) is 0 Å². The highest BCUT2D eigenvalue weighted by atomic mass is 16.1. The summed E-state index contributed by atoms with van der Waals surface area (Å²) in [5, 5.41) is 3.90. The van der Waals surface area contributed by atoms with Crippen molar-refractivity contribution in [2.24, 2.45) is 57.0 Å². The van der Waals surface area contributed by atoms with Crippen molar-refractivity contribution >= 4 is 11.7 Å². The first-order valence-electron chi connectivity index (χ1n) is 13.9. The van der Waals surface area contributed by atoms with Gasteiger partial charge in [-0.25, -0.2) is 0 Å². The van der Waals surface area contributed by atoms with Crippen LogP contribution in [0.3, 0.4) is 0 Å². The Balaban J connectivity index is 1.57. The van der Waals surface area contributed by atoms with Crippen LogP contribution in [0.2, 0.25) is 0 Å². The molecular formula is C29H48N2O2. The summed E-state index contributed by atoms with van der Waals surface area (Å²) in [5.74, 6) is 2.19. The number of nitrogens with two attached hydrogens (primary N) is 1. The molecule has 33 heavy (non-hydrogen) atoms. The minimum atomic E-state index is -0.445. The van der Waals surface area contributed by atoms with Crippen molar-refractivity contribution in [3.8, 4) is 0 Å². The van der Waals surface area contributed by atoms with E-state index < -0.39 is 5.41 Å². The van der Waals surface area contributed by atoms with Crippen LogP contribution in [0, 0.1) is 51.2 Å². The standard InChI is InChI=1S/C29H48N2O2/c1-18(32)19-10-14-29(24(30)33)16-15-27(5)20(23(19)29)8-9-22-26(4)12-7-17-31-25(2,3)21(26)11-13-28(22,27)6/h19-23,31H,7-17H2,1-6H3,(H2,30,33)/t19-,20+,21-,22+,23+,26-,27+,28+,29-/m0/s1. The van der Waals surface area contributed by atoms with Gasteiger partial charge in [-0.1, -0.05) is 20.8 Å². The summed E-state index contributed by atoms with van der Waals surface area (Å²) in [6.45, 7) is 15.6. The smallest absolute Gasteiger partial charge is 0.223 e. The fraction of sp³-hybridized carbons (Fsp3) is 0.931. The molecule has 0 bridgehead atoms. The van der Waals surface area contributed by atoms with Crippen LogP contribution in [-0.2, 0) is 9.59 Å². The van der Waals surface area contributed by atoms with Crippen molar-refractivity contribution in [3.63, 3.8) is 0 Å². The molecule has 0 aromatic rings. The van der Waals surface area contributed by atoms with E-state index in [1.165, 1.54) is 32.1 Å². The van der Waals surface area contributed by atoms with Gasteiger partial charge in [-0.3, -0.25) is 9.59 Å². The largest absolute Gasteiger partial charge is 0.369 e. The third-order valence-electron chi connectivity index (χ3n) is 13.1. The Morgan fingerprint density at radius 2 is 1.55 bits per heavy atom. The third kappa shape index (κ3) is 2.91. The average Bonchev–Trinajstić information content (AvgIpc) is 3.08. The van der Waals surface area contributed by atoms with Gasteiger partial charge in [0.2, 0.25) is 5.91 Å². The lowest BCUT2D eigenvalue weighted by atomic mass is 9.33. The van der Waals surface area contributed by atoms with Crippen LogP contribution < -0.4 is 11.1 Å². The number of fused-ring (bicyclic) bond motifs is 7.